The average molecular weight is 405 g/mol. The van der Waals surface area contributed by atoms with E-state index in [-0.39, 0.29) is 5.91 Å². The third-order valence-corrected chi connectivity index (χ3v) is 5.42. The predicted molar refractivity (Wildman–Crippen MR) is 118 cm³/mol. The molecule has 6 heteroatoms. The van der Waals surface area contributed by atoms with Gasteiger partial charge in [-0.25, -0.2) is 0 Å². The van der Waals surface area contributed by atoms with Crippen molar-refractivity contribution in [3.63, 3.8) is 0 Å². The summed E-state index contributed by atoms with van der Waals surface area (Å²) < 4.78 is 7.38. The van der Waals surface area contributed by atoms with Gasteiger partial charge in [0.2, 0.25) is 0 Å². The minimum Gasteiger partial charge on any atom is -0.378 e. The summed E-state index contributed by atoms with van der Waals surface area (Å²) in [5, 5.41) is 7.50. The van der Waals surface area contributed by atoms with Crippen LogP contribution in [0.4, 0.5) is 5.69 Å². The molecule has 6 nitrogen and oxygen atoms in total. The Morgan fingerprint density at radius 3 is 2.30 bits per heavy atom. The molecule has 0 radical (unpaired) electrons. The Labute approximate surface area is 177 Å². The molecule has 2 heterocycles. The second-order valence-corrected chi connectivity index (χ2v) is 7.73. The molecule has 2 aromatic carbocycles. The van der Waals surface area contributed by atoms with Crippen molar-refractivity contribution in [2.45, 2.75) is 26.9 Å². The highest BCUT2D eigenvalue weighted by Crippen LogP contribution is 2.17. The molecule has 0 aliphatic carbocycles. The fraction of sp³-hybridized carbons (Fsp3) is 0.333. The number of aromatic nitrogens is 2. The largest absolute Gasteiger partial charge is 0.378 e. The normalized spacial score (nSPS) is 14.0. The molecule has 0 atom stereocenters. The van der Waals surface area contributed by atoms with E-state index in [0.717, 1.165) is 48.8 Å². The fourth-order valence-corrected chi connectivity index (χ4v) is 3.70. The number of nitrogens with one attached hydrogen (secondary N) is 1. The van der Waals surface area contributed by atoms with Gasteiger partial charge in [0.05, 0.1) is 25.5 Å². The molecule has 1 aliphatic heterocycles. The number of rotatable bonds is 6. The number of anilines is 1. The lowest BCUT2D eigenvalue weighted by Gasteiger charge is -2.28. The first-order chi connectivity index (χ1) is 14.6. The van der Waals surface area contributed by atoms with Crippen LogP contribution in [0.3, 0.4) is 0 Å². The summed E-state index contributed by atoms with van der Waals surface area (Å²) in [6.07, 6.45) is 0. The molecule has 0 saturated carbocycles. The highest BCUT2D eigenvalue weighted by molar-refractivity contribution is 5.94. The van der Waals surface area contributed by atoms with Gasteiger partial charge < -0.3 is 15.0 Å². The highest BCUT2D eigenvalue weighted by Gasteiger charge is 2.11. The molecule has 1 aromatic heterocycles. The zero-order valence-electron chi connectivity index (χ0n) is 17.6. The number of nitrogens with zero attached hydrogens (tertiary/aromatic N) is 3. The van der Waals surface area contributed by atoms with E-state index >= 15 is 0 Å². The zero-order valence-corrected chi connectivity index (χ0v) is 17.6. The van der Waals surface area contributed by atoms with Gasteiger partial charge in [-0.05, 0) is 55.3 Å². The number of benzene rings is 2. The molecule has 4 rings (SSSR count). The lowest BCUT2D eigenvalue weighted by Crippen LogP contribution is -2.36. The first kappa shape index (κ1) is 20.2. The van der Waals surface area contributed by atoms with Crippen LogP contribution in [0.1, 0.15) is 32.9 Å². The highest BCUT2D eigenvalue weighted by atomic mass is 16.5. The van der Waals surface area contributed by atoms with E-state index < -0.39 is 0 Å². The molecule has 1 saturated heterocycles. The van der Waals surface area contributed by atoms with Gasteiger partial charge in [-0.3, -0.25) is 9.48 Å². The van der Waals surface area contributed by atoms with Crippen LogP contribution in [-0.4, -0.2) is 42.0 Å². The van der Waals surface area contributed by atoms with Gasteiger partial charge >= 0.3 is 0 Å². The third kappa shape index (κ3) is 4.89. The maximum Gasteiger partial charge on any atom is 0.251 e. The zero-order chi connectivity index (χ0) is 20.9. The summed E-state index contributed by atoms with van der Waals surface area (Å²) in [5.41, 5.74) is 6.22. The summed E-state index contributed by atoms with van der Waals surface area (Å²) in [4.78, 5) is 14.8. The SMILES string of the molecule is Cc1cc(C)n(Cc2ccc(C(=O)NCc3ccc(N4CCOCC4)cc3)cc2)n1. The fourth-order valence-electron chi connectivity index (χ4n) is 3.70. The first-order valence-corrected chi connectivity index (χ1v) is 10.4. The van der Waals surface area contributed by atoms with Gasteiger partial charge in [0.1, 0.15) is 0 Å². The van der Waals surface area contributed by atoms with E-state index in [1.54, 1.807) is 0 Å². The number of aryl methyl sites for hydroxylation is 2. The number of hydrogen-bond donors (Lipinski definition) is 1. The molecule has 0 unspecified atom stereocenters. The van der Waals surface area contributed by atoms with Gasteiger partial charge in [-0.2, -0.15) is 5.10 Å². The molecule has 156 valence electrons. The Kier molecular flexibility index (Phi) is 6.14. The van der Waals surface area contributed by atoms with Crippen molar-refractivity contribution in [1.82, 2.24) is 15.1 Å². The lowest BCUT2D eigenvalue weighted by atomic mass is 10.1. The summed E-state index contributed by atoms with van der Waals surface area (Å²) in [5.74, 6) is -0.0649. The van der Waals surface area contributed by atoms with Crippen LogP contribution >= 0.6 is 0 Å². The third-order valence-electron chi connectivity index (χ3n) is 5.42. The summed E-state index contributed by atoms with van der Waals surface area (Å²) in [6, 6.07) is 18.2. The van der Waals surface area contributed by atoms with Crippen molar-refractivity contribution in [1.29, 1.82) is 0 Å². The minimum atomic E-state index is -0.0649. The van der Waals surface area contributed by atoms with Gasteiger partial charge in [-0.15, -0.1) is 0 Å². The molecule has 3 aromatic rings. The van der Waals surface area contributed by atoms with Crippen LogP contribution in [0.5, 0.6) is 0 Å². The van der Waals surface area contributed by atoms with Gasteiger partial charge in [0, 0.05) is 36.6 Å². The van der Waals surface area contributed by atoms with Crippen LogP contribution in [-0.2, 0) is 17.8 Å². The van der Waals surface area contributed by atoms with E-state index in [4.69, 9.17) is 4.74 Å². The first-order valence-electron chi connectivity index (χ1n) is 10.4. The summed E-state index contributed by atoms with van der Waals surface area (Å²) >= 11 is 0. The van der Waals surface area contributed by atoms with Crippen LogP contribution < -0.4 is 10.2 Å². The number of hydrogen-bond acceptors (Lipinski definition) is 4. The van der Waals surface area contributed by atoms with Crippen molar-refractivity contribution < 1.29 is 9.53 Å². The van der Waals surface area contributed by atoms with Crippen molar-refractivity contribution in [2.75, 3.05) is 31.2 Å². The van der Waals surface area contributed by atoms with Gasteiger partial charge in [-0.1, -0.05) is 24.3 Å². The minimum absolute atomic E-state index is 0.0649. The van der Waals surface area contributed by atoms with Crippen LogP contribution in [0.2, 0.25) is 0 Å². The van der Waals surface area contributed by atoms with Crippen molar-refractivity contribution in [3.8, 4) is 0 Å². The van der Waals surface area contributed by atoms with E-state index in [0.29, 0.717) is 18.7 Å². The number of morpholine rings is 1. The Morgan fingerprint density at radius 2 is 1.67 bits per heavy atom. The topological polar surface area (TPSA) is 59.4 Å². The Balaban J connectivity index is 1.31. The van der Waals surface area contributed by atoms with E-state index in [9.17, 15) is 4.79 Å². The molecule has 0 bridgehead atoms. The van der Waals surface area contributed by atoms with Gasteiger partial charge in [0.15, 0.2) is 0 Å². The predicted octanol–water partition coefficient (Wildman–Crippen LogP) is 3.31. The molecular formula is C24H28N4O2. The maximum absolute atomic E-state index is 12.5. The molecule has 30 heavy (non-hydrogen) atoms. The number of carbonyl (C=O) groups excluding carboxylic acids is 1. The molecule has 1 fully saturated rings. The second-order valence-electron chi connectivity index (χ2n) is 7.73. The molecular weight excluding hydrogens is 376 g/mol. The van der Waals surface area contributed by atoms with Crippen molar-refractivity contribution in [2.24, 2.45) is 0 Å². The van der Waals surface area contributed by atoms with Crippen LogP contribution in [0.15, 0.2) is 54.6 Å². The monoisotopic (exact) mass is 404 g/mol. The number of amides is 1. The number of carbonyl (C=O) groups is 1. The average Bonchev–Trinajstić information content (AvgIpc) is 3.10. The second kappa shape index (κ2) is 9.13. The summed E-state index contributed by atoms with van der Waals surface area (Å²) in [7, 11) is 0. The van der Waals surface area contributed by atoms with E-state index in [1.165, 1.54) is 5.69 Å². The quantitative estimate of drug-likeness (QED) is 0.685. The summed E-state index contributed by atoms with van der Waals surface area (Å²) in [6.45, 7) is 8.65. The Morgan fingerprint density at radius 1 is 1.00 bits per heavy atom. The number of ether oxygens (including phenoxy) is 1. The molecule has 1 N–H and O–H groups in total. The Hall–Kier alpha value is -3.12. The molecule has 1 aliphatic rings. The van der Waals surface area contributed by atoms with Crippen LogP contribution in [0.25, 0.3) is 0 Å². The van der Waals surface area contributed by atoms with E-state index in [1.807, 2.05) is 35.9 Å². The van der Waals surface area contributed by atoms with Crippen molar-refractivity contribution in [3.05, 3.63) is 82.7 Å². The van der Waals surface area contributed by atoms with E-state index in [2.05, 4.69) is 52.6 Å². The molecule has 1 amide bonds. The standard InChI is InChI=1S/C24H28N4O2/c1-18-15-19(2)28(26-18)17-21-3-7-22(8-4-21)24(29)25-16-20-5-9-23(10-6-20)27-11-13-30-14-12-27/h3-10,15H,11-14,16-17H2,1-2H3,(H,25,29). The van der Waals surface area contributed by atoms with Gasteiger partial charge in [0.25, 0.3) is 5.91 Å². The van der Waals surface area contributed by atoms with Crippen molar-refractivity contribution >= 4 is 11.6 Å². The Bertz CT molecular complexity index is 987. The lowest BCUT2D eigenvalue weighted by molar-refractivity contribution is 0.0951. The maximum atomic E-state index is 12.5. The molecule has 0 spiro atoms. The smallest absolute Gasteiger partial charge is 0.251 e. The van der Waals surface area contributed by atoms with Crippen LogP contribution in [0, 0.1) is 13.8 Å².